The first-order valence-corrected chi connectivity index (χ1v) is 6.73. The number of aromatic hydroxyl groups is 2. The minimum Gasteiger partial charge on any atom is -0.507 e. The van der Waals surface area contributed by atoms with Crippen molar-refractivity contribution < 1.29 is 30.0 Å². The number of aromatic carboxylic acids is 2. The third-order valence-electron chi connectivity index (χ3n) is 3.05. The molecule has 3 rings (SSSR count). The Morgan fingerprint density at radius 3 is 2.00 bits per heavy atom. The summed E-state index contributed by atoms with van der Waals surface area (Å²) in [5.74, 6) is -2.42. The fourth-order valence-electron chi connectivity index (χ4n) is 1.91. The number of aromatic nitrogens is 1. The van der Waals surface area contributed by atoms with Crippen molar-refractivity contribution in [3.05, 3.63) is 65.9 Å². The first kappa shape index (κ1) is 16.8. The Bertz CT molecular complexity index is 906. The summed E-state index contributed by atoms with van der Waals surface area (Å²) >= 11 is 0. The van der Waals surface area contributed by atoms with Crippen LogP contribution in [0.2, 0.25) is 0 Å². The van der Waals surface area contributed by atoms with E-state index in [0.29, 0.717) is 5.52 Å². The van der Waals surface area contributed by atoms with Crippen LogP contribution in [0.5, 0.6) is 11.5 Å². The number of hydrogen-bond acceptors (Lipinski definition) is 5. The summed E-state index contributed by atoms with van der Waals surface area (Å²) in [6, 6.07) is 13.7. The summed E-state index contributed by atoms with van der Waals surface area (Å²) in [7, 11) is 0. The maximum Gasteiger partial charge on any atom is 0.354 e. The van der Waals surface area contributed by atoms with E-state index >= 15 is 0 Å². The third-order valence-corrected chi connectivity index (χ3v) is 3.05. The maximum absolute atomic E-state index is 10.6. The average Bonchev–Trinajstić information content (AvgIpc) is 2.55. The molecule has 7 nitrogen and oxygen atoms in total. The molecule has 4 N–H and O–H groups in total. The number of rotatable bonds is 2. The Balaban J connectivity index is 0.000000185. The zero-order valence-electron chi connectivity index (χ0n) is 12.2. The van der Waals surface area contributed by atoms with Gasteiger partial charge in [0.05, 0.1) is 0 Å². The van der Waals surface area contributed by atoms with E-state index in [9.17, 15) is 14.7 Å². The van der Waals surface area contributed by atoms with Gasteiger partial charge in [-0.3, -0.25) is 0 Å². The van der Waals surface area contributed by atoms with Crippen LogP contribution in [-0.2, 0) is 0 Å². The van der Waals surface area contributed by atoms with E-state index in [1.165, 1.54) is 24.3 Å². The fraction of sp³-hybridized carbons (Fsp3) is 0. The fourth-order valence-corrected chi connectivity index (χ4v) is 1.91. The number of carboxylic acids is 2. The van der Waals surface area contributed by atoms with E-state index in [1.54, 1.807) is 30.3 Å². The third kappa shape index (κ3) is 3.77. The van der Waals surface area contributed by atoms with Gasteiger partial charge in [-0.25, -0.2) is 14.6 Å². The van der Waals surface area contributed by atoms with Crippen molar-refractivity contribution in [3.63, 3.8) is 0 Å². The van der Waals surface area contributed by atoms with Crippen molar-refractivity contribution in [1.82, 2.24) is 4.98 Å². The van der Waals surface area contributed by atoms with Crippen LogP contribution in [-0.4, -0.2) is 37.3 Å². The Kier molecular flexibility index (Phi) is 4.96. The van der Waals surface area contributed by atoms with Crippen LogP contribution in [0.4, 0.5) is 0 Å². The molecule has 1 aromatic heterocycles. The summed E-state index contributed by atoms with van der Waals surface area (Å²) in [6.07, 6.45) is 0. The molecule has 1 heterocycles. The number of carbonyl (C=O) groups is 2. The van der Waals surface area contributed by atoms with Crippen molar-refractivity contribution >= 4 is 22.8 Å². The molecule has 0 aliphatic carbocycles. The molecule has 0 radical (unpaired) electrons. The highest BCUT2D eigenvalue weighted by Gasteiger charge is 2.07. The lowest BCUT2D eigenvalue weighted by atomic mass is 10.2. The number of carboxylic acid groups (broad SMARTS) is 2. The lowest BCUT2D eigenvalue weighted by Crippen LogP contribution is -1.99. The van der Waals surface area contributed by atoms with Gasteiger partial charge in [0.2, 0.25) is 0 Å². The van der Waals surface area contributed by atoms with Crippen LogP contribution in [0.15, 0.2) is 54.6 Å². The van der Waals surface area contributed by atoms with Crippen molar-refractivity contribution in [2.75, 3.05) is 0 Å². The molecular weight excluding hydrogens is 314 g/mol. The predicted octanol–water partition coefficient (Wildman–Crippen LogP) is 2.73. The van der Waals surface area contributed by atoms with Crippen LogP contribution >= 0.6 is 0 Å². The largest absolute Gasteiger partial charge is 0.507 e. The molecule has 122 valence electrons. The van der Waals surface area contributed by atoms with E-state index in [4.69, 9.17) is 15.3 Å². The molecule has 0 spiro atoms. The molecule has 0 amide bonds. The van der Waals surface area contributed by atoms with Gasteiger partial charge in [-0.05, 0) is 24.3 Å². The second-order valence-corrected chi connectivity index (χ2v) is 4.67. The van der Waals surface area contributed by atoms with Crippen LogP contribution in [0, 0.1) is 0 Å². The van der Waals surface area contributed by atoms with Gasteiger partial charge in [-0.15, -0.1) is 0 Å². The smallest absolute Gasteiger partial charge is 0.354 e. The second kappa shape index (κ2) is 7.10. The standard InChI is InChI=1S/C10H7NO3.C7H6O3/c12-8-3-1-2-6-4-5-7(10(13)14)11-9(6)8;8-6-4-2-1-3-5(6)7(9)10/h1-5,12H,(H,13,14);1-4,8H,(H,9,10). The Labute approximate surface area is 136 Å². The predicted molar refractivity (Wildman–Crippen MR) is 85.4 cm³/mol. The monoisotopic (exact) mass is 327 g/mol. The van der Waals surface area contributed by atoms with E-state index in [0.717, 1.165) is 5.39 Å². The van der Waals surface area contributed by atoms with Crippen molar-refractivity contribution in [2.45, 2.75) is 0 Å². The van der Waals surface area contributed by atoms with E-state index in [2.05, 4.69) is 4.98 Å². The van der Waals surface area contributed by atoms with Crippen LogP contribution in [0.3, 0.4) is 0 Å². The molecule has 0 atom stereocenters. The summed E-state index contributed by atoms with van der Waals surface area (Å²) in [4.78, 5) is 24.7. The van der Waals surface area contributed by atoms with Crippen LogP contribution in [0.1, 0.15) is 20.8 Å². The van der Waals surface area contributed by atoms with Gasteiger partial charge in [0, 0.05) is 5.39 Å². The summed E-state index contributed by atoms with van der Waals surface area (Å²) in [5, 5.41) is 36.1. The van der Waals surface area contributed by atoms with E-state index in [1.807, 2.05) is 0 Å². The van der Waals surface area contributed by atoms with Gasteiger partial charge in [-0.1, -0.05) is 30.3 Å². The molecule has 0 aliphatic rings. The minimum atomic E-state index is -1.11. The van der Waals surface area contributed by atoms with E-state index in [-0.39, 0.29) is 22.8 Å². The van der Waals surface area contributed by atoms with E-state index < -0.39 is 11.9 Å². The molecule has 0 saturated heterocycles. The first-order chi connectivity index (χ1) is 11.4. The van der Waals surface area contributed by atoms with Gasteiger partial charge in [-0.2, -0.15) is 0 Å². The van der Waals surface area contributed by atoms with Crippen molar-refractivity contribution in [3.8, 4) is 11.5 Å². The maximum atomic E-state index is 10.6. The highest BCUT2D eigenvalue weighted by Crippen LogP contribution is 2.22. The number of nitrogens with zero attached hydrogens (tertiary/aromatic N) is 1. The average molecular weight is 327 g/mol. The summed E-state index contributed by atoms with van der Waals surface area (Å²) in [6.45, 7) is 0. The topological polar surface area (TPSA) is 128 Å². The van der Waals surface area contributed by atoms with Gasteiger partial charge in [0.25, 0.3) is 0 Å². The molecule has 7 heteroatoms. The minimum absolute atomic E-state index is 0.00870. The first-order valence-electron chi connectivity index (χ1n) is 6.73. The lowest BCUT2D eigenvalue weighted by Gasteiger charge is -2.00. The van der Waals surface area contributed by atoms with Gasteiger partial charge in [0.1, 0.15) is 28.3 Å². The summed E-state index contributed by atoms with van der Waals surface area (Å²) < 4.78 is 0. The quantitative estimate of drug-likeness (QED) is 0.569. The zero-order valence-corrected chi connectivity index (χ0v) is 12.2. The molecule has 0 saturated carbocycles. The lowest BCUT2D eigenvalue weighted by molar-refractivity contribution is 0.0681. The van der Waals surface area contributed by atoms with Gasteiger partial charge in [0.15, 0.2) is 0 Å². The highest BCUT2D eigenvalue weighted by atomic mass is 16.4. The number of phenolic OH excluding ortho intramolecular Hbond substituents is 1. The Morgan fingerprint density at radius 1 is 0.750 bits per heavy atom. The SMILES string of the molecule is O=C(O)c1ccc2cccc(O)c2n1.O=C(O)c1ccccc1O. The van der Waals surface area contributed by atoms with Gasteiger partial charge < -0.3 is 20.4 Å². The molecule has 0 bridgehead atoms. The molecule has 0 fully saturated rings. The number of phenols is 2. The molecule has 0 unspecified atom stereocenters. The van der Waals surface area contributed by atoms with Crippen LogP contribution < -0.4 is 0 Å². The molecule has 24 heavy (non-hydrogen) atoms. The number of hydrogen-bond donors (Lipinski definition) is 4. The summed E-state index contributed by atoms with van der Waals surface area (Å²) in [5.41, 5.74) is 0.175. The molecule has 0 aliphatic heterocycles. The Morgan fingerprint density at radius 2 is 1.42 bits per heavy atom. The molecule has 3 aromatic rings. The highest BCUT2D eigenvalue weighted by molar-refractivity contribution is 5.91. The molecular formula is C17H13NO6. The molecule has 2 aromatic carbocycles. The number of para-hydroxylation sites is 2. The van der Waals surface area contributed by atoms with Crippen molar-refractivity contribution in [1.29, 1.82) is 0 Å². The normalized spacial score (nSPS) is 9.83. The number of benzene rings is 2. The number of fused-ring (bicyclic) bond motifs is 1. The van der Waals surface area contributed by atoms with Crippen LogP contribution in [0.25, 0.3) is 10.9 Å². The van der Waals surface area contributed by atoms with Crippen molar-refractivity contribution in [2.24, 2.45) is 0 Å². The number of pyridine rings is 1. The van der Waals surface area contributed by atoms with Gasteiger partial charge >= 0.3 is 11.9 Å². The zero-order chi connectivity index (χ0) is 17.7. The second-order valence-electron chi connectivity index (χ2n) is 4.67. The Hall–Kier alpha value is -3.61.